The second-order valence-corrected chi connectivity index (χ2v) is 4.86. The molecule has 3 nitrogen and oxygen atoms in total. The second-order valence-electron chi connectivity index (χ2n) is 4.86. The van der Waals surface area contributed by atoms with Gasteiger partial charge >= 0.3 is 0 Å². The van der Waals surface area contributed by atoms with Crippen LogP contribution in [0.2, 0.25) is 0 Å². The number of rotatable bonds is 7. The van der Waals surface area contributed by atoms with E-state index >= 15 is 0 Å². The number of aryl methyl sites for hydroxylation is 1. The summed E-state index contributed by atoms with van der Waals surface area (Å²) in [7, 11) is 1.68. The maximum Gasteiger partial charge on any atom is 0.133 e. The molecule has 0 spiro atoms. The van der Waals surface area contributed by atoms with E-state index in [9.17, 15) is 4.79 Å². The van der Waals surface area contributed by atoms with Crippen LogP contribution in [0.15, 0.2) is 24.5 Å². The molecule has 17 heavy (non-hydrogen) atoms. The molecule has 94 valence electrons. The van der Waals surface area contributed by atoms with Crippen molar-refractivity contribution in [1.82, 2.24) is 4.98 Å². The van der Waals surface area contributed by atoms with Crippen molar-refractivity contribution in [3.05, 3.63) is 30.1 Å². The normalized spacial score (nSPS) is 11.5. The predicted molar refractivity (Wildman–Crippen MR) is 67.9 cm³/mol. The summed E-state index contributed by atoms with van der Waals surface area (Å²) in [4.78, 5) is 15.7. The first-order valence-electron chi connectivity index (χ1n) is 5.99. The predicted octanol–water partition coefficient (Wildman–Crippen LogP) is 2.79. The maximum atomic E-state index is 11.7. The van der Waals surface area contributed by atoms with Crippen molar-refractivity contribution < 1.29 is 9.53 Å². The van der Waals surface area contributed by atoms with E-state index in [0.717, 1.165) is 18.4 Å². The quantitative estimate of drug-likeness (QED) is 0.729. The molecule has 0 unspecified atom stereocenters. The van der Waals surface area contributed by atoms with Crippen LogP contribution in [0.1, 0.15) is 38.7 Å². The standard InChI is InChI=1S/C14H21NO2/c1-14(2,17-3)9-8-13(16)7-6-12-5-4-10-15-11-12/h4-5,10-11H,6-9H2,1-3H3. The zero-order valence-corrected chi connectivity index (χ0v) is 10.9. The van der Waals surface area contributed by atoms with Crippen LogP contribution in [0.3, 0.4) is 0 Å². The minimum Gasteiger partial charge on any atom is -0.379 e. The van der Waals surface area contributed by atoms with Crippen LogP contribution in [0.5, 0.6) is 0 Å². The fraction of sp³-hybridized carbons (Fsp3) is 0.571. The lowest BCUT2D eigenvalue weighted by Gasteiger charge is -2.22. The van der Waals surface area contributed by atoms with E-state index in [4.69, 9.17) is 4.74 Å². The lowest BCUT2D eigenvalue weighted by atomic mass is 9.98. The number of nitrogens with zero attached hydrogens (tertiary/aromatic N) is 1. The van der Waals surface area contributed by atoms with Gasteiger partial charge in [-0.1, -0.05) is 6.07 Å². The van der Waals surface area contributed by atoms with Gasteiger partial charge in [0, 0.05) is 32.3 Å². The van der Waals surface area contributed by atoms with Crippen molar-refractivity contribution in [3.63, 3.8) is 0 Å². The fourth-order valence-electron chi connectivity index (χ4n) is 1.50. The molecule has 0 N–H and O–H groups in total. The van der Waals surface area contributed by atoms with Gasteiger partial charge in [0.2, 0.25) is 0 Å². The van der Waals surface area contributed by atoms with Crippen LogP contribution in [0, 0.1) is 0 Å². The van der Waals surface area contributed by atoms with E-state index in [1.54, 1.807) is 13.3 Å². The molecule has 0 aliphatic heterocycles. The molecule has 0 aliphatic rings. The molecule has 0 saturated carbocycles. The van der Waals surface area contributed by atoms with E-state index in [0.29, 0.717) is 18.6 Å². The molecule has 1 aromatic heterocycles. The average molecular weight is 235 g/mol. The highest BCUT2D eigenvalue weighted by molar-refractivity contribution is 5.78. The van der Waals surface area contributed by atoms with Crippen molar-refractivity contribution in [2.45, 2.75) is 45.1 Å². The molecule has 3 heteroatoms. The Morgan fingerprint density at radius 1 is 1.41 bits per heavy atom. The summed E-state index contributed by atoms with van der Waals surface area (Å²) < 4.78 is 5.29. The fourth-order valence-corrected chi connectivity index (χ4v) is 1.50. The third-order valence-electron chi connectivity index (χ3n) is 2.97. The molecular formula is C14H21NO2. The van der Waals surface area contributed by atoms with Crippen LogP contribution in [0.4, 0.5) is 0 Å². The number of ketones is 1. The Bertz CT molecular complexity index is 346. The second kappa shape index (κ2) is 6.50. The van der Waals surface area contributed by atoms with Gasteiger partial charge in [-0.25, -0.2) is 0 Å². The van der Waals surface area contributed by atoms with Gasteiger partial charge in [-0.05, 0) is 38.3 Å². The van der Waals surface area contributed by atoms with E-state index in [2.05, 4.69) is 4.98 Å². The van der Waals surface area contributed by atoms with Gasteiger partial charge in [0.1, 0.15) is 5.78 Å². The van der Waals surface area contributed by atoms with Crippen LogP contribution in [0.25, 0.3) is 0 Å². The lowest BCUT2D eigenvalue weighted by molar-refractivity contribution is -0.120. The topological polar surface area (TPSA) is 39.2 Å². The van der Waals surface area contributed by atoms with Gasteiger partial charge in [-0.3, -0.25) is 9.78 Å². The molecule has 0 saturated heterocycles. The summed E-state index contributed by atoms with van der Waals surface area (Å²) in [5.74, 6) is 0.291. The van der Waals surface area contributed by atoms with E-state index in [-0.39, 0.29) is 5.60 Å². The molecule has 1 heterocycles. The molecule has 1 aromatic rings. The van der Waals surface area contributed by atoms with Crippen molar-refractivity contribution >= 4 is 5.78 Å². The zero-order valence-electron chi connectivity index (χ0n) is 10.9. The Labute approximate surface area is 103 Å². The highest BCUT2D eigenvalue weighted by Crippen LogP contribution is 2.16. The lowest BCUT2D eigenvalue weighted by Crippen LogP contribution is -2.23. The van der Waals surface area contributed by atoms with Gasteiger partial charge in [0.05, 0.1) is 5.60 Å². The number of methoxy groups -OCH3 is 1. The van der Waals surface area contributed by atoms with Crippen LogP contribution in [-0.2, 0) is 16.0 Å². The van der Waals surface area contributed by atoms with Crippen molar-refractivity contribution in [1.29, 1.82) is 0 Å². The average Bonchev–Trinajstić information content (AvgIpc) is 2.35. The number of Topliss-reactive ketones (excluding diaryl/α,β-unsaturated/α-hetero) is 1. The van der Waals surface area contributed by atoms with Gasteiger partial charge in [0.25, 0.3) is 0 Å². The summed E-state index contributed by atoms with van der Waals surface area (Å²) in [5.41, 5.74) is 0.913. The number of ether oxygens (including phenoxy) is 1. The number of aromatic nitrogens is 1. The van der Waals surface area contributed by atoms with Crippen molar-refractivity contribution in [2.24, 2.45) is 0 Å². The van der Waals surface area contributed by atoms with Gasteiger partial charge in [-0.2, -0.15) is 0 Å². The molecule has 0 atom stereocenters. The molecule has 1 rings (SSSR count). The molecule has 0 amide bonds. The largest absolute Gasteiger partial charge is 0.379 e. The Balaban J connectivity index is 2.27. The SMILES string of the molecule is COC(C)(C)CCC(=O)CCc1cccnc1. The Morgan fingerprint density at radius 3 is 2.76 bits per heavy atom. The van der Waals surface area contributed by atoms with Crippen LogP contribution >= 0.6 is 0 Å². The minimum absolute atomic E-state index is 0.204. The molecule has 0 radical (unpaired) electrons. The summed E-state index contributed by atoms with van der Waals surface area (Å²) in [5, 5.41) is 0. The van der Waals surface area contributed by atoms with E-state index in [1.807, 2.05) is 32.2 Å². The smallest absolute Gasteiger partial charge is 0.133 e. The Kier molecular flexibility index (Phi) is 5.29. The summed E-state index contributed by atoms with van der Waals surface area (Å²) >= 11 is 0. The monoisotopic (exact) mass is 235 g/mol. The molecule has 0 aromatic carbocycles. The van der Waals surface area contributed by atoms with Crippen molar-refractivity contribution in [3.8, 4) is 0 Å². The van der Waals surface area contributed by atoms with Crippen LogP contribution < -0.4 is 0 Å². The highest BCUT2D eigenvalue weighted by Gasteiger charge is 2.17. The minimum atomic E-state index is -0.204. The summed E-state index contributed by atoms with van der Waals surface area (Å²) in [6.07, 6.45) is 6.28. The maximum absolute atomic E-state index is 11.7. The number of pyridine rings is 1. The third-order valence-corrected chi connectivity index (χ3v) is 2.97. The van der Waals surface area contributed by atoms with Gasteiger partial charge in [0.15, 0.2) is 0 Å². The van der Waals surface area contributed by atoms with Crippen LogP contribution in [-0.4, -0.2) is 23.5 Å². The van der Waals surface area contributed by atoms with E-state index in [1.165, 1.54) is 0 Å². The number of carbonyl (C=O) groups excluding carboxylic acids is 1. The van der Waals surface area contributed by atoms with E-state index < -0.39 is 0 Å². The zero-order chi connectivity index (χ0) is 12.7. The number of hydrogen-bond donors (Lipinski definition) is 0. The summed E-state index contributed by atoms with van der Waals surface area (Å²) in [6.45, 7) is 4.00. The van der Waals surface area contributed by atoms with Gasteiger partial charge < -0.3 is 4.74 Å². The molecular weight excluding hydrogens is 214 g/mol. The molecule has 0 aliphatic carbocycles. The molecule has 0 bridgehead atoms. The first kappa shape index (κ1) is 13.8. The summed E-state index contributed by atoms with van der Waals surface area (Å²) in [6, 6.07) is 3.90. The van der Waals surface area contributed by atoms with Crippen molar-refractivity contribution in [2.75, 3.05) is 7.11 Å². The number of carbonyl (C=O) groups is 1. The Hall–Kier alpha value is -1.22. The highest BCUT2D eigenvalue weighted by atomic mass is 16.5. The first-order chi connectivity index (χ1) is 8.03. The Morgan fingerprint density at radius 2 is 2.18 bits per heavy atom. The number of hydrogen-bond acceptors (Lipinski definition) is 3. The molecule has 0 fully saturated rings. The first-order valence-corrected chi connectivity index (χ1v) is 5.99. The third kappa shape index (κ3) is 5.59. The van der Waals surface area contributed by atoms with Gasteiger partial charge in [-0.15, -0.1) is 0 Å².